The Morgan fingerprint density at radius 2 is 2.05 bits per heavy atom. The van der Waals surface area contributed by atoms with Gasteiger partial charge in [0.05, 0.1) is 17.7 Å². The lowest BCUT2D eigenvalue weighted by molar-refractivity contribution is -0.141. The molecular formula is C13H14F3N3O2. The molecule has 0 atom stereocenters. The molecule has 1 aliphatic heterocycles. The molecule has 1 aromatic heterocycles. The minimum atomic E-state index is -4.59. The summed E-state index contributed by atoms with van der Waals surface area (Å²) in [6.07, 6.45) is -3.74. The predicted molar refractivity (Wildman–Crippen MR) is 67.4 cm³/mol. The fraction of sp³-hybridized carbons (Fsp3) is 0.538. The zero-order valence-corrected chi connectivity index (χ0v) is 11.1. The van der Waals surface area contributed by atoms with Gasteiger partial charge in [0, 0.05) is 13.2 Å². The summed E-state index contributed by atoms with van der Waals surface area (Å²) in [7, 11) is 0. The number of anilines is 1. The van der Waals surface area contributed by atoms with Crippen LogP contribution < -0.4 is 5.32 Å². The zero-order chi connectivity index (χ0) is 15.5. The highest BCUT2D eigenvalue weighted by Crippen LogP contribution is 2.31. The van der Waals surface area contributed by atoms with Crippen LogP contribution in [0.3, 0.4) is 0 Å². The number of aliphatic hydroxyl groups is 1. The number of nitrogens with one attached hydrogen (secondary N) is 1. The van der Waals surface area contributed by atoms with Crippen LogP contribution in [0, 0.1) is 11.3 Å². The number of aliphatic hydroxyl groups excluding tert-OH is 1. The molecular weight excluding hydrogens is 287 g/mol. The van der Waals surface area contributed by atoms with Gasteiger partial charge in [-0.05, 0) is 25.0 Å². The van der Waals surface area contributed by atoms with Crippen molar-refractivity contribution in [1.29, 1.82) is 5.26 Å². The lowest BCUT2D eigenvalue weighted by Crippen LogP contribution is -2.47. The summed E-state index contributed by atoms with van der Waals surface area (Å²) >= 11 is 0. The normalized spacial score (nSPS) is 18.0. The number of rotatable bonds is 3. The molecule has 0 bridgehead atoms. The van der Waals surface area contributed by atoms with E-state index < -0.39 is 17.4 Å². The van der Waals surface area contributed by atoms with Crippen molar-refractivity contribution in [2.45, 2.75) is 24.6 Å². The summed E-state index contributed by atoms with van der Waals surface area (Å²) in [5, 5.41) is 21.4. The van der Waals surface area contributed by atoms with E-state index in [1.54, 1.807) is 6.07 Å². The quantitative estimate of drug-likeness (QED) is 0.892. The number of nitriles is 1. The summed E-state index contributed by atoms with van der Waals surface area (Å²) < 4.78 is 43.3. The molecule has 2 N–H and O–H groups in total. The van der Waals surface area contributed by atoms with Crippen LogP contribution >= 0.6 is 0 Å². The number of hydrogen-bond acceptors (Lipinski definition) is 5. The fourth-order valence-corrected chi connectivity index (χ4v) is 2.14. The summed E-state index contributed by atoms with van der Waals surface area (Å²) in [5.74, 6) is -0.164. The molecule has 0 aromatic carbocycles. The van der Waals surface area contributed by atoms with Gasteiger partial charge in [-0.1, -0.05) is 0 Å². The SMILES string of the molecule is N#Cc1ccc(C(F)(F)F)nc1NC1(CO)CCOCC1. The molecule has 0 radical (unpaired) electrons. The van der Waals surface area contributed by atoms with Gasteiger partial charge in [0.25, 0.3) is 0 Å². The number of pyridine rings is 1. The Bertz CT molecular complexity index is 549. The first-order valence-corrected chi connectivity index (χ1v) is 6.35. The molecule has 0 aliphatic carbocycles. The number of ether oxygens (including phenoxy) is 1. The minimum absolute atomic E-state index is 0.00215. The van der Waals surface area contributed by atoms with Crippen LogP contribution in [0.5, 0.6) is 0 Å². The Labute approximate surface area is 119 Å². The first-order valence-electron chi connectivity index (χ1n) is 6.35. The highest BCUT2D eigenvalue weighted by Gasteiger charge is 2.36. The van der Waals surface area contributed by atoms with E-state index in [1.807, 2.05) is 0 Å². The highest BCUT2D eigenvalue weighted by molar-refractivity contribution is 5.54. The minimum Gasteiger partial charge on any atom is -0.394 e. The Morgan fingerprint density at radius 1 is 1.38 bits per heavy atom. The van der Waals surface area contributed by atoms with Gasteiger partial charge >= 0.3 is 6.18 Å². The van der Waals surface area contributed by atoms with Crippen molar-refractivity contribution >= 4 is 5.82 Å². The summed E-state index contributed by atoms with van der Waals surface area (Å²) in [4.78, 5) is 3.49. The van der Waals surface area contributed by atoms with E-state index in [9.17, 15) is 18.3 Å². The topological polar surface area (TPSA) is 78.2 Å². The summed E-state index contributed by atoms with van der Waals surface area (Å²) in [5.41, 5.74) is -1.90. The maximum absolute atomic E-state index is 12.7. The smallest absolute Gasteiger partial charge is 0.394 e. The Balaban J connectivity index is 2.35. The van der Waals surface area contributed by atoms with Crippen LogP contribution in [0.4, 0.5) is 19.0 Å². The second-order valence-corrected chi connectivity index (χ2v) is 4.88. The van der Waals surface area contributed by atoms with Crippen molar-refractivity contribution in [3.8, 4) is 6.07 Å². The molecule has 0 spiro atoms. The van der Waals surface area contributed by atoms with E-state index in [0.717, 1.165) is 12.1 Å². The van der Waals surface area contributed by atoms with Gasteiger partial charge in [0.1, 0.15) is 17.6 Å². The molecule has 21 heavy (non-hydrogen) atoms. The molecule has 0 amide bonds. The third-order valence-electron chi connectivity index (χ3n) is 3.44. The molecule has 114 valence electrons. The van der Waals surface area contributed by atoms with E-state index in [0.29, 0.717) is 26.1 Å². The molecule has 1 saturated heterocycles. The number of aromatic nitrogens is 1. The van der Waals surface area contributed by atoms with Crippen LogP contribution in [0.25, 0.3) is 0 Å². The van der Waals surface area contributed by atoms with Gasteiger partial charge in [-0.3, -0.25) is 0 Å². The van der Waals surface area contributed by atoms with E-state index in [1.165, 1.54) is 0 Å². The molecule has 1 aromatic rings. The summed E-state index contributed by atoms with van der Waals surface area (Å²) in [6.45, 7) is 0.488. The maximum Gasteiger partial charge on any atom is 0.433 e. The second-order valence-electron chi connectivity index (χ2n) is 4.88. The molecule has 0 unspecified atom stereocenters. The number of alkyl halides is 3. The Morgan fingerprint density at radius 3 is 2.57 bits per heavy atom. The average Bonchev–Trinajstić information content (AvgIpc) is 2.47. The van der Waals surface area contributed by atoms with E-state index in [-0.39, 0.29) is 18.0 Å². The van der Waals surface area contributed by atoms with Crippen molar-refractivity contribution in [1.82, 2.24) is 4.98 Å². The Hall–Kier alpha value is -1.85. The van der Waals surface area contributed by atoms with Gasteiger partial charge < -0.3 is 15.2 Å². The molecule has 2 rings (SSSR count). The standard InChI is InChI=1S/C13H14F3N3O2/c14-13(15,16)10-2-1-9(7-17)11(18-10)19-12(8-20)3-5-21-6-4-12/h1-2,20H,3-6,8H2,(H,18,19). The van der Waals surface area contributed by atoms with Crippen LogP contribution in [-0.4, -0.2) is 35.5 Å². The molecule has 2 heterocycles. The highest BCUT2D eigenvalue weighted by atomic mass is 19.4. The fourth-order valence-electron chi connectivity index (χ4n) is 2.14. The van der Waals surface area contributed by atoms with Crippen LogP contribution in [0.15, 0.2) is 12.1 Å². The van der Waals surface area contributed by atoms with Gasteiger partial charge in [-0.15, -0.1) is 0 Å². The summed E-state index contributed by atoms with van der Waals surface area (Å²) in [6, 6.07) is 3.64. The molecule has 0 saturated carbocycles. The van der Waals surface area contributed by atoms with Crippen molar-refractivity contribution in [2.75, 3.05) is 25.1 Å². The maximum atomic E-state index is 12.7. The predicted octanol–water partition coefficient (Wildman–Crippen LogP) is 1.93. The monoisotopic (exact) mass is 301 g/mol. The van der Waals surface area contributed by atoms with Crippen molar-refractivity contribution in [2.24, 2.45) is 0 Å². The van der Waals surface area contributed by atoms with E-state index in [4.69, 9.17) is 10.00 Å². The first-order chi connectivity index (χ1) is 9.90. The second kappa shape index (κ2) is 5.87. The number of halogens is 3. The third-order valence-corrected chi connectivity index (χ3v) is 3.44. The lowest BCUT2D eigenvalue weighted by atomic mass is 9.91. The van der Waals surface area contributed by atoms with Crippen LogP contribution in [-0.2, 0) is 10.9 Å². The third kappa shape index (κ3) is 3.43. The Kier molecular flexibility index (Phi) is 4.34. The van der Waals surface area contributed by atoms with Crippen LogP contribution in [0.1, 0.15) is 24.1 Å². The van der Waals surface area contributed by atoms with Gasteiger partial charge in [-0.25, -0.2) is 4.98 Å². The van der Waals surface area contributed by atoms with E-state index in [2.05, 4.69) is 10.3 Å². The molecule has 8 heteroatoms. The first kappa shape index (κ1) is 15.5. The van der Waals surface area contributed by atoms with Gasteiger partial charge in [0.15, 0.2) is 0 Å². The molecule has 1 fully saturated rings. The van der Waals surface area contributed by atoms with Gasteiger partial charge in [-0.2, -0.15) is 18.4 Å². The zero-order valence-electron chi connectivity index (χ0n) is 11.1. The average molecular weight is 301 g/mol. The van der Waals surface area contributed by atoms with E-state index >= 15 is 0 Å². The number of hydrogen-bond donors (Lipinski definition) is 2. The lowest BCUT2D eigenvalue weighted by Gasteiger charge is -2.37. The van der Waals surface area contributed by atoms with Crippen LogP contribution in [0.2, 0.25) is 0 Å². The van der Waals surface area contributed by atoms with Gasteiger partial charge in [0.2, 0.25) is 0 Å². The number of nitrogens with zero attached hydrogens (tertiary/aromatic N) is 2. The van der Waals surface area contributed by atoms with Crippen molar-refractivity contribution in [3.05, 3.63) is 23.4 Å². The largest absolute Gasteiger partial charge is 0.433 e. The van der Waals surface area contributed by atoms with Crippen molar-refractivity contribution < 1.29 is 23.0 Å². The molecule has 1 aliphatic rings. The molecule has 5 nitrogen and oxygen atoms in total. The van der Waals surface area contributed by atoms with Crippen molar-refractivity contribution in [3.63, 3.8) is 0 Å².